The second kappa shape index (κ2) is 17.8. The zero-order chi connectivity index (χ0) is 43.8. The molecule has 0 aliphatic heterocycles. The van der Waals surface area contributed by atoms with E-state index in [0.29, 0.717) is 0 Å². The summed E-state index contributed by atoms with van der Waals surface area (Å²) in [7, 11) is 0. The van der Waals surface area contributed by atoms with E-state index in [0.717, 1.165) is 0 Å². The van der Waals surface area contributed by atoms with Gasteiger partial charge in [0.05, 0.1) is 0 Å². The number of fused-ring (bicyclic) bond motifs is 3. The summed E-state index contributed by atoms with van der Waals surface area (Å²) in [5, 5.41) is 7.39. The Morgan fingerprint density at radius 3 is 0.478 bits per heavy atom. The molecule has 67 heavy (non-hydrogen) atoms. The third kappa shape index (κ3) is 7.49. The van der Waals surface area contributed by atoms with E-state index in [1.807, 2.05) is 0 Å². The van der Waals surface area contributed by atoms with Crippen LogP contribution in [-0.4, -0.2) is 0 Å². The fraction of sp³-hybridized carbons (Fsp3) is 0.0149. The van der Waals surface area contributed by atoms with Gasteiger partial charge in [-0.1, -0.05) is 274 Å². The molecule has 0 amide bonds. The normalized spacial score (nSPS) is 11.2. The van der Waals surface area contributed by atoms with Crippen LogP contribution in [0.3, 0.4) is 0 Å². The maximum absolute atomic E-state index is 2.34. The standard InChI is InChI=1S/C66H44.CH4/c1-5-17-45(18-6-1)49-29-37-53(38-30-49)61-57-25-13-14-26-58(57)63(55-41-33-51(34-42-55)47-21-9-3-10-22-47)66-64(56-43-35-52(36-44-56)48-23-11-4-12-24-48)60-28-16-15-27-59(60)62(65(61)66)54-39-31-50(32-40-54)46-19-7-2-8-20-46;/h1-44H;1H4. The monoisotopic (exact) mass is 852 g/mol. The quantitative estimate of drug-likeness (QED) is 0.134. The Morgan fingerprint density at radius 1 is 0.134 bits per heavy atom. The van der Waals surface area contributed by atoms with Crippen LogP contribution in [0.1, 0.15) is 7.43 Å². The highest BCUT2D eigenvalue weighted by molar-refractivity contribution is 6.34. The van der Waals surface area contributed by atoms with Gasteiger partial charge in [-0.2, -0.15) is 0 Å². The SMILES string of the molecule is C.c1ccc(-c2ccc(-c3c4ccccc4c(-c4ccc(-c5ccccc5)cc4)c4c(-c5ccc(-c6ccccc6)cc5)c5ccccc5c(-c5ccc(-c6ccccc6)cc5)c34)cc2)cc1. The lowest BCUT2D eigenvalue weighted by Crippen LogP contribution is -1.98. The van der Waals surface area contributed by atoms with Crippen LogP contribution in [0.25, 0.3) is 121 Å². The van der Waals surface area contributed by atoms with Crippen LogP contribution in [-0.2, 0) is 0 Å². The first kappa shape index (κ1) is 41.1. The second-order valence-electron chi connectivity index (χ2n) is 17.1. The van der Waals surface area contributed by atoms with Crippen molar-refractivity contribution in [2.24, 2.45) is 0 Å². The van der Waals surface area contributed by atoms with Crippen LogP contribution in [0.5, 0.6) is 0 Å². The smallest absolute Gasteiger partial charge is 0.000139 e. The lowest BCUT2D eigenvalue weighted by atomic mass is 9.77. The number of rotatable bonds is 8. The topological polar surface area (TPSA) is 0 Å². The zero-order valence-corrected chi connectivity index (χ0v) is 36.4. The largest absolute Gasteiger partial charge is 0.0776 e. The number of benzene rings is 12. The predicted octanol–water partition coefficient (Wildman–Crippen LogP) is 19.1. The molecule has 0 aromatic heterocycles. The molecule has 0 aliphatic rings. The highest BCUT2D eigenvalue weighted by atomic mass is 14.3. The molecule has 0 radical (unpaired) electrons. The number of hydrogen-bond acceptors (Lipinski definition) is 0. The number of hydrogen-bond donors (Lipinski definition) is 0. The maximum atomic E-state index is 2.34. The predicted molar refractivity (Wildman–Crippen MR) is 289 cm³/mol. The summed E-state index contributed by atoms with van der Waals surface area (Å²) in [5.41, 5.74) is 19.3. The minimum atomic E-state index is 0. The van der Waals surface area contributed by atoms with Crippen molar-refractivity contribution in [3.8, 4) is 89.0 Å². The summed E-state index contributed by atoms with van der Waals surface area (Å²) in [6.45, 7) is 0. The molecule has 0 aliphatic carbocycles. The van der Waals surface area contributed by atoms with Gasteiger partial charge in [-0.05, 0) is 121 Å². The molecule has 0 heterocycles. The molecule has 0 unspecified atom stereocenters. The first-order valence-corrected chi connectivity index (χ1v) is 22.8. The lowest BCUT2D eigenvalue weighted by molar-refractivity contribution is 1.59. The summed E-state index contributed by atoms with van der Waals surface area (Å²) in [4.78, 5) is 0. The fourth-order valence-electron chi connectivity index (χ4n) is 10.2. The molecule has 0 bridgehead atoms. The molecule has 12 aromatic carbocycles. The van der Waals surface area contributed by atoms with Crippen LogP contribution in [0.2, 0.25) is 0 Å². The van der Waals surface area contributed by atoms with Gasteiger partial charge >= 0.3 is 0 Å². The first-order chi connectivity index (χ1) is 32.8. The highest BCUT2D eigenvalue weighted by Crippen LogP contribution is 2.54. The minimum absolute atomic E-state index is 0. The molecule has 12 rings (SSSR count). The van der Waals surface area contributed by atoms with Gasteiger partial charge in [0.1, 0.15) is 0 Å². The summed E-state index contributed by atoms with van der Waals surface area (Å²) in [5.74, 6) is 0. The average molecular weight is 853 g/mol. The molecule has 0 atom stereocenters. The van der Waals surface area contributed by atoms with Gasteiger partial charge in [0, 0.05) is 0 Å². The van der Waals surface area contributed by atoms with E-state index in [4.69, 9.17) is 0 Å². The van der Waals surface area contributed by atoms with Crippen molar-refractivity contribution in [2.75, 3.05) is 0 Å². The van der Waals surface area contributed by atoms with Gasteiger partial charge in [0.2, 0.25) is 0 Å². The minimum Gasteiger partial charge on any atom is -0.0776 e. The van der Waals surface area contributed by atoms with E-state index in [1.165, 1.54) is 121 Å². The van der Waals surface area contributed by atoms with Crippen molar-refractivity contribution >= 4 is 32.3 Å². The molecule has 0 N–H and O–H groups in total. The van der Waals surface area contributed by atoms with Crippen LogP contribution < -0.4 is 0 Å². The molecule has 0 heteroatoms. The Kier molecular flexibility index (Phi) is 10.9. The molecule has 0 nitrogen and oxygen atoms in total. The fourth-order valence-corrected chi connectivity index (χ4v) is 10.2. The molecule has 0 saturated carbocycles. The Labute approximate surface area is 393 Å². The van der Waals surface area contributed by atoms with E-state index >= 15 is 0 Å². The van der Waals surface area contributed by atoms with Crippen molar-refractivity contribution in [3.05, 3.63) is 267 Å². The Morgan fingerprint density at radius 2 is 0.284 bits per heavy atom. The Bertz CT molecular complexity index is 3160. The van der Waals surface area contributed by atoms with Gasteiger partial charge in [0.25, 0.3) is 0 Å². The Balaban J connectivity index is 0.00000494. The Hall–Kier alpha value is -8.58. The van der Waals surface area contributed by atoms with E-state index in [-0.39, 0.29) is 7.43 Å². The van der Waals surface area contributed by atoms with Gasteiger partial charge in [0.15, 0.2) is 0 Å². The van der Waals surface area contributed by atoms with Gasteiger partial charge in [-0.3, -0.25) is 0 Å². The van der Waals surface area contributed by atoms with Crippen molar-refractivity contribution in [3.63, 3.8) is 0 Å². The van der Waals surface area contributed by atoms with Crippen LogP contribution in [0.15, 0.2) is 267 Å². The highest BCUT2D eigenvalue weighted by Gasteiger charge is 2.26. The summed E-state index contributed by atoms with van der Waals surface area (Å²) in [6, 6.07) is 98.0. The van der Waals surface area contributed by atoms with E-state index < -0.39 is 0 Å². The summed E-state index contributed by atoms with van der Waals surface area (Å²) in [6.07, 6.45) is 0. The van der Waals surface area contributed by atoms with Crippen LogP contribution in [0.4, 0.5) is 0 Å². The van der Waals surface area contributed by atoms with Crippen molar-refractivity contribution in [2.45, 2.75) is 7.43 Å². The van der Waals surface area contributed by atoms with Crippen LogP contribution >= 0.6 is 0 Å². The molecule has 0 fully saturated rings. The molecule has 316 valence electrons. The molecule has 12 aromatic rings. The third-order valence-corrected chi connectivity index (χ3v) is 13.3. The van der Waals surface area contributed by atoms with Crippen molar-refractivity contribution in [1.82, 2.24) is 0 Å². The van der Waals surface area contributed by atoms with Gasteiger partial charge in [-0.25, -0.2) is 0 Å². The zero-order valence-electron chi connectivity index (χ0n) is 36.4. The third-order valence-electron chi connectivity index (χ3n) is 13.3. The summed E-state index contributed by atoms with van der Waals surface area (Å²) < 4.78 is 0. The second-order valence-corrected chi connectivity index (χ2v) is 17.1. The first-order valence-electron chi connectivity index (χ1n) is 22.8. The van der Waals surface area contributed by atoms with Crippen LogP contribution in [0, 0.1) is 0 Å². The lowest BCUT2D eigenvalue weighted by Gasteiger charge is -2.25. The van der Waals surface area contributed by atoms with E-state index in [1.54, 1.807) is 0 Å². The molecular weight excluding hydrogens is 805 g/mol. The molecule has 0 saturated heterocycles. The van der Waals surface area contributed by atoms with Gasteiger partial charge < -0.3 is 0 Å². The molecule has 0 spiro atoms. The van der Waals surface area contributed by atoms with Crippen molar-refractivity contribution < 1.29 is 0 Å². The maximum Gasteiger partial charge on any atom is -0.000139 e. The summed E-state index contributed by atoms with van der Waals surface area (Å²) >= 11 is 0. The van der Waals surface area contributed by atoms with Crippen molar-refractivity contribution in [1.29, 1.82) is 0 Å². The van der Waals surface area contributed by atoms with E-state index in [9.17, 15) is 0 Å². The molecular formula is C67H48. The van der Waals surface area contributed by atoms with E-state index in [2.05, 4.69) is 267 Å². The van der Waals surface area contributed by atoms with Gasteiger partial charge in [-0.15, -0.1) is 0 Å². The average Bonchev–Trinajstić information content (AvgIpc) is 3.41.